The molecule has 3 N–H and O–H groups in total. The van der Waals surface area contributed by atoms with Gasteiger partial charge in [-0.25, -0.2) is 9.97 Å². The lowest BCUT2D eigenvalue weighted by Crippen LogP contribution is -2.35. The first-order chi connectivity index (χ1) is 13.7. The lowest BCUT2D eigenvalue weighted by Gasteiger charge is -2.13. The molecule has 150 valence electrons. The number of carbonyl (C=O) groups is 2. The maximum Gasteiger partial charge on any atom is 0.322 e. The zero-order valence-corrected chi connectivity index (χ0v) is 16.0. The van der Waals surface area contributed by atoms with E-state index in [9.17, 15) is 19.5 Å². The summed E-state index contributed by atoms with van der Waals surface area (Å²) in [4.78, 5) is 45.9. The van der Waals surface area contributed by atoms with Gasteiger partial charge in [-0.3, -0.25) is 19.0 Å². The molecule has 29 heavy (non-hydrogen) atoms. The minimum atomic E-state index is -1.27. The fourth-order valence-corrected chi connectivity index (χ4v) is 2.83. The Labute approximate surface area is 165 Å². The van der Waals surface area contributed by atoms with Crippen LogP contribution in [-0.2, 0) is 11.8 Å². The van der Waals surface area contributed by atoms with E-state index in [1.165, 1.54) is 13.2 Å². The van der Waals surface area contributed by atoms with Crippen LogP contribution < -0.4 is 15.8 Å². The van der Waals surface area contributed by atoms with Crippen molar-refractivity contribution in [3.05, 3.63) is 46.5 Å². The highest BCUT2D eigenvalue weighted by Gasteiger charge is 2.22. The number of hydrogen-bond donors (Lipinski definition) is 3. The van der Waals surface area contributed by atoms with E-state index in [4.69, 9.17) is 5.11 Å². The first kappa shape index (κ1) is 19.8. The highest BCUT2D eigenvalue weighted by Crippen LogP contribution is 2.29. The highest BCUT2D eigenvalue weighted by molar-refractivity contribution is 6.03. The summed E-state index contributed by atoms with van der Waals surface area (Å²) in [5.41, 5.74) is 0.219. The summed E-state index contributed by atoms with van der Waals surface area (Å²) in [6.45, 7) is -0.679. The Morgan fingerprint density at radius 3 is 2.45 bits per heavy atom. The van der Waals surface area contributed by atoms with Crippen LogP contribution in [0.5, 0.6) is 5.75 Å². The van der Waals surface area contributed by atoms with E-state index in [1.807, 2.05) is 31.1 Å². The van der Waals surface area contributed by atoms with Crippen molar-refractivity contribution < 1.29 is 19.8 Å². The van der Waals surface area contributed by atoms with Crippen molar-refractivity contribution in [2.75, 3.05) is 25.5 Å². The number of rotatable bonds is 5. The van der Waals surface area contributed by atoms with Crippen molar-refractivity contribution in [3.8, 4) is 16.9 Å². The maximum atomic E-state index is 12.5. The van der Waals surface area contributed by atoms with E-state index >= 15 is 0 Å². The Kier molecular flexibility index (Phi) is 5.18. The summed E-state index contributed by atoms with van der Waals surface area (Å²) in [6, 6.07) is 5.26. The number of aliphatic carboxylic acids is 1. The summed E-state index contributed by atoms with van der Waals surface area (Å²) < 4.78 is 1.13. The molecule has 0 saturated heterocycles. The van der Waals surface area contributed by atoms with Crippen molar-refractivity contribution in [3.63, 3.8) is 0 Å². The van der Waals surface area contributed by atoms with Crippen LogP contribution in [0.1, 0.15) is 10.4 Å². The van der Waals surface area contributed by atoms with Gasteiger partial charge in [0.15, 0.2) is 0 Å². The molecule has 0 atom stereocenters. The number of fused-ring (bicyclic) bond motifs is 1. The number of pyridine rings is 3. The van der Waals surface area contributed by atoms with Crippen LogP contribution in [0, 0.1) is 0 Å². The molecule has 0 radical (unpaired) electrons. The average Bonchev–Trinajstić information content (AvgIpc) is 2.70. The monoisotopic (exact) mass is 397 g/mol. The lowest BCUT2D eigenvalue weighted by molar-refractivity contribution is -0.135. The lowest BCUT2D eigenvalue weighted by atomic mass is 10.1. The van der Waals surface area contributed by atoms with Gasteiger partial charge < -0.3 is 20.4 Å². The van der Waals surface area contributed by atoms with Gasteiger partial charge in [0.05, 0.1) is 5.39 Å². The third-order valence-electron chi connectivity index (χ3n) is 4.36. The van der Waals surface area contributed by atoms with Gasteiger partial charge in [0, 0.05) is 44.7 Å². The van der Waals surface area contributed by atoms with Crippen molar-refractivity contribution in [2.24, 2.45) is 7.05 Å². The first-order valence-electron chi connectivity index (χ1n) is 8.56. The molecule has 0 aromatic carbocycles. The molecule has 10 nitrogen and oxygen atoms in total. The highest BCUT2D eigenvalue weighted by atomic mass is 16.4. The van der Waals surface area contributed by atoms with Crippen LogP contribution in [0.15, 0.2) is 35.4 Å². The number of aromatic hydroxyl groups is 1. The van der Waals surface area contributed by atoms with Crippen LogP contribution in [-0.4, -0.2) is 57.3 Å². The predicted molar refractivity (Wildman–Crippen MR) is 106 cm³/mol. The molecule has 3 aromatic rings. The van der Waals surface area contributed by atoms with Gasteiger partial charge >= 0.3 is 5.97 Å². The van der Waals surface area contributed by atoms with E-state index in [1.54, 1.807) is 12.3 Å². The molecule has 0 aliphatic heterocycles. The number of hydrogen-bond acceptors (Lipinski definition) is 7. The normalized spacial score (nSPS) is 10.7. The zero-order valence-electron chi connectivity index (χ0n) is 16.0. The number of carboxylic acids is 1. The predicted octanol–water partition coefficient (Wildman–Crippen LogP) is 0.581. The van der Waals surface area contributed by atoms with Crippen molar-refractivity contribution in [2.45, 2.75) is 0 Å². The standard InChI is InChI=1S/C19H19N5O5/c1-23(2)13-5-4-10(7-20-13)11-6-12-16(27)15(18(28)22-9-14(25)26)19(29)24(3)17(12)21-8-11/h4-8,27H,9H2,1-3H3,(H,22,28)(H,25,26). The second-order valence-electron chi connectivity index (χ2n) is 6.56. The molecular formula is C19H19N5O5. The van der Waals surface area contributed by atoms with E-state index in [2.05, 4.69) is 15.3 Å². The minimum Gasteiger partial charge on any atom is -0.506 e. The molecule has 0 aliphatic rings. The fraction of sp³-hybridized carbons (Fsp3) is 0.211. The van der Waals surface area contributed by atoms with Gasteiger partial charge in [-0.2, -0.15) is 0 Å². The van der Waals surface area contributed by atoms with Gasteiger partial charge in [-0.05, 0) is 18.2 Å². The molecule has 0 spiro atoms. The van der Waals surface area contributed by atoms with Gasteiger partial charge in [0.25, 0.3) is 11.5 Å². The third-order valence-corrected chi connectivity index (χ3v) is 4.36. The van der Waals surface area contributed by atoms with Gasteiger partial charge in [-0.15, -0.1) is 0 Å². The Morgan fingerprint density at radius 2 is 1.86 bits per heavy atom. The minimum absolute atomic E-state index is 0.182. The van der Waals surface area contributed by atoms with Crippen LogP contribution in [0.2, 0.25) is 0 Å². The first-order valence-corrected chi connectivity index (χ1v) is 8.56. The molecule has 10 heteroatoms. The van der Waals surface area contributed by atoms with Crippen LogP contribution in [0.4, 0.5) is 5.82 Å². The van der Waals surface area contributed by atoms with E-state index in [0.29, 0.717) is 5.56 Å². The Balaban J connectivity index is 2.13. The molecule has 0 saturated carbocycles. The number of anilines is 1. The Bertz CT molecular complexity index is 1170. The number of amides is 1. The topological polar surface area (TPSA) is 138 Å². The van der Waals surface area contributed by atoms with Crippen LogP contribution >= 0.6 is 0 Å². The molecule has 3 heterocycles. The van der Waals surface area contributed by atoms with Crippen molar-refractivity contribution in [1.82, 2.24) is 19.9 Å². The SMILES string of the molecule is CN(C)c1ccc(-c2cnc3c(c2)c(O)c(C(=O)NCC(=O)O)c(=O)n3C)cn1. The molecule has 1 amide bonds. The van der Waals surface area contributed by atoms with E-state index in [0.717, 1.165) is 15.9 Å². The largest absolute Gasteiger partial charge is 0.506 e. The molecule has 3 aromatic heterocycles. The maximum absolute atomic E-state index is 12.5. The number of nitrogens with zero attached hydrogens (tertiary/aromatic N) is 4. The number of aryl methyl sites for hydroxylation is 1. The summed E-state index contributed by atoms with van der Waals surface area (Å²) in [7, 11) is 5.16. The summed E-state index contributed by atoms with van der Waals surface area (Å²) >= 11 is 0. The van der Waals surface area contributed by atoms with Crippen LogP contribution in [0.25, 0.3) is 22.2 Å². The molecule has 0 bridgehead atoms. The van der Waals surface area contributed by atoms with Crippen molar-refractivity contribution in [1.29, 1.82) is 0 Å². The number of nitrogens with one attached hydrogen (secondary N) is 1. The summed E-state index contributed by atoms with van der Waals surface area (Å²) in [5.74, 6) is -2.04. The van der Waals surface area contributed by atoms with Gasteiger partial charge in [0.1, 0.15) is 29.3 Å². The zero-order chi connectivity index (χ0) is 21.3. The van der Waals surface area contributed by atoms with Crippen LogP contribution in [0.3, 0.4) is 0 Å². The molecular weight excluding hydrogens is 378 g/mol. The molecule has 0 aliphatic carbocycles. The van der Waals surface area contributed by atoms with Gasteiger partial charge in [0.2, 0.25) is 0 Å². The second-order valence-corrected chi connectivity index (χ2v) is 6.56. The fourth-order valence-electron chi connectivity index (χ4n) is 2.83. The average molecular weight is 397 g/mol. The molecule has 0 unspecified atom stereocenters. The second kappa shape index (κ2) is 7.58. The smallest absolute Gasteiger partial charge is 0.322 e. The summed E-state index contributed by atoms with van der Waals surface area (Å²) in [5, 5.41) is 21.6. The number of carbonyl (C=O) groups excluding carboxylic acids is 1. The number of aromatic nitrogens is 3. The van der Waals surface area contributed by atoms with Crippen molar-refractivity contribution >= 4 is 28.7 Å². The Morgan fingerprint density at radius 1 is 1.17 bits per heavy atom. The van der Waals surface area contributed by atoms with E-state index < -0.39 is 35.3 Å². The molecule has 0 fully saturated rings. The van der Waals surface area contributed by atoms with Gasteiger partial charge in [-0.1, -0.05) is 0 Å². The third kappa shape index (κ3) is 3.72. The Hall–Kier alpha value is -3.95. The quantitative estimate of drug-likeness (QED) is 0.568. The number of carboxylic acid groups (broad SMARTS) is 1. The molecule has 3 rings (SSSR count). The summed E-state index contributed by atoms with van der Waals surface area (Å²) in [6.07, 6.45) is 3.19. The van der Waals surface area contributed by atoms with E-state index in [-0.39, 0.29) is 11.0 Å².